The van der Waals surface area contributed by atoms with Gasteiger partial charge < -0.3 is 4.98 Å². The molecule has 3 rings (SSSR count). The summed E-state index contributed by atoms with van der Waals surface area (Å²) in [4.78, 5) is 19.5. The third-order valence-electron chi connectivity index (χ3n) is 3.36. The van der Waals surface area contributed by atoms with E-state index < -0.39 is 0 Å². The second-order valence-corrected chi connectivity index (χ2v) is 4.55. The molecular formula is C13H14N2O. The molecule has 1 saturated carbocycles. The molecule has 0 radical (unpaired) electrons. The molecule has 0 unspecified atom stereocenters. The van der Waals surface area contributed by atoms with Gasteiger partial charge in [-0.15, -0.1) is 0 Å². The van der Waals surface area contributed by atoms with E-state index in [0.717, 1.165) is 35.3 Å². The number of aromatic nitrogens is 2. The Bertz CT molecular complexity index is 552. The van der Waals surface area contributed by atoms with Crippen LogP contribution in [0.2, 0.25) is 0 Å². The van der Waals surface area contributed by atoms with Crippen LogP contribution >= 0.6 is 0 Å². The van der Waals surface area contributed by atoms with Crippen molar-refractivity contribution in [3.05, 3.63) is 29.6 Å². The summed E-state index contributed by atoms with van der Waals surface area (Å²) < 4.78 is 0. The Labute approximate surface area is 93.9 Å². The molecule has 1 N–H and O–H groups in total. The molecule has 1 aliphatic carbocycles. The highest BCUT2D eigenvalue weighted by atomic mass is 16.1. The van der Waals surface area contributed by atoms with Gasteiger partial charge >= 0.3 is 0 Å². The van der Waals surface area contributed by atoms with E-state index in [-0.39, 0.29) is 5.92 Å². The number of benzene rings is 1. The topological polar surface area (TPSA) is 45.8 Å². The maximum atomic E-state index is 12.0. The monoisotopic (exact) mass is 214 g/mol. The average Bonchev–Trinajstić information content (AvgIpc) is 2.53. The smallest absolute Gasteiger partial charge is 0.166 e. The number of fused-ring (bicyclic) bond motifs is 1. The first-order valence-corrected chi connectivity index (χ1v) is 5.74. The van der Waals surface area contributed by atoms with Gasteiger partial charge in [0.1, 0.15) is 5.82 Å². The minimum atomic E-state index is 0.265. The van der Waals surface area contributed by atoms with Crippen LogP contribution in [0.25, 0.3) is 11.0 Å². The fourth-order valence-electron chi connectivity index (χ4n) is 2.20. The fraction of sp³-hybridized carbons (Fsp3) is 0.385. The van der Waals surface area contributed by atoms with E-state index in [0.29, 0.717) is 5.78 Å². The zero-order valence-electron chi connectivity index (χ0n) is 9.29. The predicted octanol–water partition coefficient (Wildman–Crippen LogP) is 2.85. The molecule has 0 spiro atoms. The lowest BCUT2D eigenvalue weighted by molar-refractivity contribution is 0.0855. The van der Waals surface area contributed by atoms with Crippen LogP contribution in [0.4, 0.5) is 0 Å². The number of H-pyrrole nitrogens is 1. The van der Waals surface area contributed by atoms with Crippen molar-refractivity contribution < 1.29 is 4.79 Å². The van der Waals surface area contributed by atoms with Gasteiger partial charge in [0.05, 0.1) is 11.0 Å². The van der Waals surface area contributed by atoms with Crippen molar-refractivity contribution in [1.82, 2.24) is 9.97 Å². The van der Waals surface area contributed by atoms with Crippen molar-refractivity contribution in [2.75, 3.05) is 0 Å². The van der Waals surface area contributed by atoms with Crippen LogP contribution in [0, 0.1) is 12.8 Å². The van der Waals surface area contributed by atoms with E-state index in [1.54, 1.807) is 0 Å². The van der Waals surface area contributed by atoms with Crippen LogP contribution in [-0.2, 0) is 0 Å². The van der Waals surface area contributed by atoms with E-state index in [2.05, 4.69) is 9.97 Å². The van der Waals surface area contributed by atoms with Gasteiger partial charge in [0.15, 0.2) is 5.78 Å². The summed E-state index contributed by atoms with van der Waals surface area (Å²) in [6, 6.07) is 5.74. The first kappa shape index (κ1) is 9.58. The maximum Gasteiger partial charge on any atom is 0.166 e. The highest BCUT2D eigenvalue weighted by Gasteiger charge is 2.26. The Morgan fingerprint density at radius 2 is 2.25 bits per heavy atom. The molecule has 0 bridgehead atoms. The summed E-state index contributed by atoms with van der Waals surface area (Å²) >= 11 is 0. The van der Waals surface area contributed by atoms with Crippen LogP contribution in [0.1, 0.15) is 35.4 Å². The van der Waals surface area contributed by atoms with Crippen LogP contribution in [-0.4, -0.2) is 15.8 Å². The van der Waals surface area contributed by atoms with E-state index in [4.69, 9.17) is 0 Å². The number of ketones is 1. The molecule has 1 heterocycles. The molecule has 0 atom stereocenters. The van der Waals surface area contributed by atoms with E-state index in [1.807, 2.05) is 25.1 Å². The number of carbonyl (C=O) groups is 1. The lowest BCUT2D eigenvalue weighted by Gasteiger charge is -2.23. The maximum absolute atomic E-state index is 12.0. The minimum Gasteiger partial charge on any atom is -0.342 e. The van der Waals surface area contributed by atoms with Crippen molar-refractivity contribution in [3.8, 4) is 0 Å². The van der Waals surface area contributed by atoms with Gasteiger partial charge in [-0.3, -0.25) is 4.79 Å². The normalized spacial score (nSPS) is 16.3. The second-order valence-electron chi connectivity index (χ2n) is 4.55. The SMILES string of the molecule is Cc1nc2ccc(C(=O)C3CCC3)cc2[nH]1. The predicted molar refractivity (Wildman–Crippen MR) is 62.5 cm³/mol. The average molecular weight is 214 g/mol. The molecule has 0 saturated heterocycles. The van der Waals surface area contributed by atoms with Crippen molar-refractivity contribution in [3.63, 3.8) is 0 Å². The molecule has 2 aromatic rings. The fourth-order valence-corrected chi connectivity index (χ4v) is 2.20. The number of Topliss-reactive ketones (excluding diaryl/α,β-unsaturated/α-hetero) is 1. The zero-order chi connectivity index (χ0) is 11.1. The largest absolute Gasteiger partial charge is 0.342 e. The number of hydrogen-bond donors (Lipinski definition) is 1. The van der Waals surface area contributed by atoms with Gasteiger partial charge in [-0.05, 0) is 38.0 Å². The molecule has 1 fully saturated rings. The first-order valence-electron chi connectivity index (χ1n) is 5.74. The highest BCUT2D eigenvalue weighted by Crippen LogP contribution is 2.30. The van der Waals surface area contributed by atoms with Gasteiger partial charge in [-0.1, -0.05) is 6.42 Å². The summed E-state index contributed by atoms with van der Waals surface area (Å²) in [5, 5.41) is 0. The summed E-state index contributed by atoms with van der Waals surface area (Å²) in [5.74, 6) is 1.45. The van der Waals surface area contributed by atoms with Gasteiger partial charge in [-0.2, -0.15) is 0 Å². The van der Waals surface area contributed by atoms with Gasteiger partial charge in [0, 0.05) is 11.5 Å². The van der Waals surface area contributed by atoms with Gasteiger partial charge in [0.25, 0.3) is 0 Å². The highest BCUT2D eigenvalue weighted by molar-refractivity contribution is 6.00. The third kappa shape index (κ3) is 1.43. The molecule has 0 amide bonds. The van der Waals surface area contributed by atoms with Gasteiger partial charge in [0.2, 0.25) is 0 Å². The van der Waals surface area contributed by atoms with Crippen LogP contribution in [0.3, 0.4) is 0 Å². The molecule has 1 aromatic heterocycles. The molecule has 82 valence electrons. The summed E-state index contributed by atoms with van der Waals surface area (Å²) in [6.07, 6.45) is 3.31. The van der Waals surface area contributed by atoms with Crippen molar-refractivity contribution in [2.24, 2.45) is 5.92 Å². The van der Waals surface area contributed by atoms with Crippen molar-refractivity contribution >= 4 is 16.8 Å². The van der Waals surface area contributed by atoms with E-state index >= 15 is 0 Å². The van der Waals surface area contributed by atoms with Crippen molar-refractivity contribution in [1.29, 1.82) is 0 Å². The lowest BCUT2D eigenvalue weighted by Crippen LogP contribution is -2.21. The Hall–Kier alpha value is -1.64. The van der Waals surface area contributed by atoms with Crippen LogP contribution < -0.4 is 0 Å². The van der Waals surface area contributed by atoms with E-state index in [9.17, 15) is 4.79 Å². The second kappa shape index (κ2) is 3.44. The van der Waals surface area contributed by atoms with Crippen molar-refractivity contribution in [2.45, 2.75) is 26.2 Å². The molecular weight excluding hydrogens is 200 g/mol. The number of aromatic amines is 1. The van der Waals surface area contributed by atoms with E-state index in [1.165, 1.54) is 6.42 Å². The molecule has 1 aromatic carbocycles. The third-order valence-corrected chi connectivity index (χ3v) is 3.36. The number of aryl methyl sites for hydroxylation is 1. The number of nitrogens with one attached hydrogen (secondary N) is 1. The summed E-state index contributed by atoms with van der Waals surface area (Å²) in [5.41, 5.74) is 2.71. The number of imidazole rings is 1. The summed E-state index contributed by atoms with van der Waals surface area (Å²) in [6.45, 7) is 1.92. The standard InChI is InChI=1S/C13H14N2O/c1-8-14-11-6-5-10(7-12(11)15-8)13(16)9-3-2-4-9/h5-7,9H,2-4H2,1H3,(H,14,15). The number of nitrogens with zero attached hydrogens (tertiary/aromatic N) is 1. The minimum absolute atomic E-state index is 0.265. The number of hydrogen-bond acceptors (Lipinski definition) is 2. The Balaban J connectivity index is 2.00. The Morgan fingerprint density at radius 1 is 1.44 bits per heavy atom. The molecule has 3 heteroatoms. The summed E-state index contributed by atoms with van der Waals surface area (Å²) in [7, 11) is 0. The number of carbonyl (C=O) groups excluding carboxylic acids is 1. The van der Waals surface area contributed by atoms with Gasteiger partial charge in [-0.25, -0.2) is 4.98 Å². The Kier molecular flexibility index (Phi) is 2.06. The molecule has 16 heavy (non-hydrogen) atoms. The Morgan fingerprint density at radius 3 is 2.94 bits per heavy atom. The molecule has 3 nitrogen and oxygen atoms in total. The number of rotatable bonds is 2. The first-order chi connectivity index (χ1) is 7.74. The lowest BCUT2D eigenvalue weighted by atomic mass is 9.80. The molecule has 1 aliphatic rings. The zero-order valence-corrected chi connectivity index (χ0v) is 9.29. The van der Waals surface area contributed by atoms with Crippen LogP contribution in [0.15, 0.2) is 18.2 Å². The molecule has 0 aliphatic heterocycles. The van der Waals surface area contributed by atoms with Crippen LogP contribution in [0.5, 0.6) is 0 Å². The quantitative estimate of drug-likeness (QED) is 0.781.